The Labute approximate surface area is 226 Å². The topological polar surface area (TPSA) is 108 Å². The molecule has 2 N–H and O–H groups in total. The van der Waals surface area contributed by atoms with Crippen LogP contribution in [-0.2, 0) is 6.54 Å². The van der Waals surface area contributed by atoms with E-state index in [9.17, 15) is 5.26 Å². The number of hydrogen-bond donors (Lipinski definition) is 2. The Morgan fingerprint density at radius 2 is 1.85 bits per heavy atom. The maximum absolute atomic E-state index is 9.27. The fourth-order valence-electron chi connectivity index (χ4n) is 4.71. The number of nitrogens with one attached hydrogen (secondary N) is 2. The van der Waals surface area contributed by atoms with Gasteiger partial charge in [-0.05, 0) is 60.2 Å². The quantitative estimate of drug-likeness (QED) is 0.328. The number of benzene rings is 2. The number of nitrogens with zero attached hydrogens (tertiary/aromatic N) is 7. The van der Waals surface area contributed by atoms with Gasteiger partial charge in [0.25, 0.3) is 0 Å². The van der Waals surface area contributed by atoms with E-state index in [1.165, 1.54) is 5.69 Å². The van der Waals surface area contributed by atoms with Gasteiger partial charge in [0.05, 0.1) is 23.9 Å². The Balaban J connectivity index is 1.28. The molecule has 1 saturated heterocycles. The molecular weight excluding hydrogens is 486 g/mol. The Morgan fingerprint density at radius 1 is 0.974 bits per heavy atom. The van der Waals surface area contributed by atoms with Crippen molar-refractivity contribution in [2.75, 3.05) is 36.4 Å². The van der Waals surface area contributed by atoms with Crippen LogP contribution in [0.25, 0.3) is 22.5 Å². The smallest absolute Gasteiger partial charge is 0.227 e. The summed E-state index contributed by atoms with van der Waals surface area (Å²) < 4.78 is 1.87. The largest absolute Gasteiger partial charge is 0.369 e. The summed E-state index contributed by atoms with van der Waals surface area (Å²) in [5.74, 6) is 0.508. The standard InChI is InChI=1S/C30H27N9/c31-18-22-3-1-4-23(17-22)20-39-21-27(29(37-39)24-5-2-11-33-19-24)28-10-12-34-30(36-28)35-25-6-8-26(9-7-25)38-15-13-32-14-16-38/h1-12,17,19,21,32H,13-16,20H2,(H,34,35,36). The van der Waals surface area contributed by atoms with Crippen molar-refractivity contribution in [3.05, 3.63) is 103 Å². The van der Waals surface area contributed by atoms with E-state index in [0.29, 0.717) is 18.1 Å². The van der Waals surface area contributed by atoms with Gasteiger partial charge in [-0.15, -0.1) is 0 Å². The highest BCUT2D eigenvalue weighted by atomic mass is 15.3. The molecular formula is C30H27N9. The molecule has 2 aromatic carbocycles. The summed E-state index contributed by atoms with van der Waals surface area (Å²) in [5, 5.41) is 20.9. The van der Waals surface area contributed by atoms with Gasteiger partial charge in [0, 0.05) is 73.5 Å². The number of piperazine rings is 1. The van der Waals surface area contributed by atoms with E-state index < -0.39 is 0 Å². The number of hydrogen-bond acceptors (Lipinski definition) is 8. The van der Waals surface area contributed by atoms with Crippen LogP contribution in [0.2, 0.25) is 0 Å². The summed E-state index contributed by atoms with van der Waals surface area (Å²) in [4.78, 5) is 16.0. The highest BCUT2D eigenvalue weighted by Gasteiger charge is 2.16. The van der Waals surface area contributed by atoms with Gasteiger partial charge in [-0.1, -0.05) is 12.1 Å². The third-order valence-electron chi connectivity index (χ3n) is 6.63. The lowest BCUT2D eigenvalue weighted by atomic mass is 10.1. The fourth-order valence-corrected chi connectivity index (χ4v) is 4.71. The molecule has 0 saturated carbocycles. The van der Waals surface area contributed by atoms with Crippen LogP contribution in [0.15, 0.2) is 91.5 Å². The average Bonchev–Trinajstić information content (AvgIpc) is 3.42. The first-order valence-electron chi connectivity index (χ1n) is 12.9. The average molecular weight is 514 g/mol. The second kappa shape index (κ2) is 11.1. The zero-order valence-electron chi connectivity index (χ0n) is 21.3. The molecule has 192 valence electrons. The molecule has 0 atom stereocenters. The number of rotatable bonds is 7. The molecule has 3 aromatic heterocycles. The van der Waals surface area contributed by atoms with Crippen molar-refractivity contribution in [3.8, 4) is 28.6 Å². The van der Waals surface area contributed by atoms with Gasteiger partial charge in [0.15, 0.2) is 0 Å². The van der Waals surface area contributed by atoms with Gasteiger partial charge in [-0.3, -0.25) is 9.67 Å². The molecule has 6 rings (SSSR count). The van der Waals surface area contributed by atoms with Crippen LogP contribution in [0.3, 0.4) is 0 Å². The third-order valence-corrected chi connectivity index (χ3v) is 6.63. The molecule has 1 aliphatic heterocycles. The molecule has 5 aromatic rings. The highest BCUT2D eigenvalue weighted by Crippen LogP contribution is 2.30. The van der Waals surface area contributed by atoms with Gasteiger partial charge in [-0.25, -0.2) is 9.97 Å². The maximum Gasteiger partial charge on any atom is 0.227 e. The predicted octanol–water partition coefficient (Wildman–Crippen LogP) is 4.48. The van der Waals surface area contributed by atoms with Crippen LogP contribution in [0.5, 0.6) is 0 Å². The summed E-state index contributed by atoms with van der Waals surface area (Å²) in [6.07, 6.45) is 7.27. The van der Waals surface area contributed by atoms with E-state index in [-0.39, 0.29) is 0 Å². The monoisotopic (exact) mass is 513 g/mol. The number of nitriles is 1. The summed E-state index contributed by atoms with van der Waals surface area (Å²) >= 11 is 0. The molecule has 1 fully saturated rings. The van der Waals surface area contributed by atoms with Crippen LogP contribution in [0, 0.1) is 11.3 Å². The Kier molecular flexibility index (Phi) is 6.93. The predicted molar refractivity (Wildman–Crippen MR) is 152 cm³/mol. The van der Waals surface area contributed by atoms with Gasteiger partial charge in [0.2, 0.25) is 5.95 Å². The van der Waals surface area contributed by atoms with Crippen LogP contribution in [0.4, 0.5) is 17.3 Å². The molecule has 0 aliphatic carbocycles. The third kappa shape index (κ3) is 5.61. The molecule has 9 heteroatoms. The maximum atomic E-state index is 9.27. The zero-order valence-corrected chi connectivity index (χ0v) is 21.3. The molecule has 0 bridgehead atoms. The van der Waals surface area contributed by atoms with E-state index in [4.69, 9.17) is 10.1 Å². The zero-order chi connectivity index (χ0) is 26.4. The van der Waals surface area contributed by atoms with Gasteiger partial charge in [0.1, 0.15) is 5.69 Å². The SMILES string of the molecule is N#Cc1cccc(Cn2cc(-c3ccnc(Nc4ccc(N5CCNCC5)cc4)n3)c(-c3cccnc3)n2)c1. The minimum Gasteiger partial charge on any atom is -0.369 e. The lowest BCUT2D eigenvalue weighted by Gasteiger charge is -2.29. The fraction of sp³-hybridized carbons (Fsp3) is 0.167. The second-order valence-electron chi connectivity index (χ2n) is 9.32. The normalized spacial score (nSPS) is 13.2. The highest BCUT2D eigenvalue weighted by molar-refractivity contribution is 5.78. The number of pyridine rings is 1. The van der Waals surface area contributed by atoms with Crippen LogP contribution >= 0.6 is 0 Å². The Bertz CT molecular complexity index is 1600. The van der Waals surface area contributed by atoms with E-state index in [0.717, 1.165) is 59.9 Å². The van der Waals surface area contributed by atoms with Crippen molar-refractivity contribution < 1.29 is 0 Å². The van der Waals surface area contributed by atoms with Crippen LogP contribution in [0.1, 0.15) is 11.1 Å². The van der Waals surface area contributed by atoms with E-state index >= 15 is 0 Å². The lowest BCUT2D eigenvalue weighted by molar-refractivity contribution is 0.589. The number of aromatic nitrogens is 5. The molecule has 0 spiro atoms. The first-order chi connectivity index (χ1) is 19.2. The first kappa shape index (κ1) is 24.3. The minimum absolute atomic E-state index is 0.508. The molecule has 39 heavy (non-hydrogen) atoms. The number of anilines is 3. The van der Waals surface area contributed by atoms with Crippen molar-refractivity contribution in [1.82, 2.24) is 30.0 Å². The minimum atomic E-state index is 0.508. The molecule has 9 nitrogen and oxygen atoms in total. The Morgan fingerprint density at radius 3 is 2.64 bits per heavy atom. The summed E-state index contributed by atoms with van der Waals surface area (Å²) in [5.41, 5.74) is 7.06. The van der Waals surface area contributed by atoms with E-state index in [2.05, 4.69) is 55.8 Å². The van der Waals surface area contributed by atoms with E-state index in [1.54, 1.807) is 24.7 Å². The Hall–Kier alpha value is -5.07. The first-order valence-corrected chi connectivity index (χ1v) is 12.9. The molecule has 0 unspecified atom stereocenters. The van der Waals surface area contributed by atoms with Crippen molar-refractivity contribution in [2.45, 2.75) is 6.54 Å². The van der Waals surface area contributed by atoms with Crippen LogP contribution < -0.4 is 15.5 Å². The van der Waals surface area contributed by atoms with E-state index in [1.807, 2.05) is 47.3 Å². The van der Waals surface area contributed by atoms with Crippen molar-refractivity contribution in [1.29, 1.82) is 5.26 Å². The van der Waals surface area contributed by atoms with Crippen molar-refractivity contribution in [2.24, 2.45) is 0 Å². The van der Waals surface area contributed by atoms with Crippen LogP contribution in [-0.4, -0.2) is 50.9 Å². The summed E-state index contributed by atoms with van der Waals surface area (Å²) in [7, 11) is 0. The summed E-state index contributed by atoms with van der Waals surface area (Å²) in [6, 6.07) is 23.9. The lowest BCUT2D eigenvalue weighted by Crippen LogP contribution is -2.43. The van der Waals surface area contributed by atoms with Gasteiger partial charge < -0.3 is 15.5 Å². The van der Waals surface area contributed by atoms with Gasteiger partial charge in [-0.2, -0.15) is 10.4 Å². The van der Waals surface area contributed by atoms with Crippen molar-refractivity contribution in [3.63, 3.8) is 0 Å². The molecule has 0 amide bonds. The molecule has 0 radical (unpaired) electrons. The molecule has 4 heterocycles. The van der Waals surface area contributed by atoms with Crippen molar-refractivity contribution >= 4 is 17.3 Å². The second-order valence-corrected chi connectivity index (χ2v) is 9.32. The summed E-state index contributed by atoms with van der Waals surface area (Å²) in [6.45, 7) is 4.55. The van der Waals surface area contributed by atoms with Gasteiger partial charge >= 0.3 is 0 Å². The molecule has 1 aliphatic rings.